The summed E-state index contributed by atoms with van der Waals surface area (Å²) in [5.41, 5.74) is 0.952. The van der Waals surface area contributed by atoms with Crippen LogP contribution in [0.25, 0.3) is 0 Å². The van der Waals surface area contributed by atoms with Gasteiger partial charge in [-0.2, -0.15) is 13.2 Å². The van der Waals surface area contributed by atoms with Gasteiger partial charge in [-0.3, -0.25) is 14.5 Å². The van der Waals surface area contributed by atoms with Gasteiger partial charge < -0.3 is 15.5 Å². The molecule has 10 heteroatoms. The van der Waals surface area contributed by atoms with Crippen molar-refractivity contribution < 1.29 is 22.8 Å². The maximum atomic E-state index is 13.4. The lowest BCUT2D eigenvalue weighted by molar-refractivity contribution is -0.184. The van der Waals surface area contributed by atoms with Gasteiger partial charge in [0.1, 0.15) is 6.04 Å². The number of nitrogens with zero attached hydrogens (tertiary/aromatic N) is 2. The summed E-state index contributed by atoms with van der Waals surface area (Å²) in [6.07, 6.45) is -4.39. The normalized spacial score (nSPS) is 21.6. The Balaban J connectivity index is 0.00000300. The van der Waals surface area contributed by atoms with Gasteiger partial charge in [0.2, 0.25) is 11.8 Å². The van der Waals surface area contributed by atoms with Crippen molar-refractivity contribution in [2.45, 2.75) is 25.2 Å². The lowest BCUT2D eigenvalue weighted by Gasteiger charge is -2.36. The van der Waals surface area contributed by atoms with Crippen LogP contribution in [0.4, 0.5) is 13.2 Å². The van der Waals surface area contributed by atoms with Crippen molar-refractivity contribution in [3.63, 3.8) is 0 Å². The molecule has 2 aliphatic heterocycles. The Morgan fingerprint density at radius 3 is 2.48 bits per heavy atom. The maximum absolute atomic E-state index is 13.4. The quantitative estimate of drug-likeness (QED) is 0.710. The van der Waals surface area contributed by atoms with E-state index in [9.17, 15) is 22.8 Å². The molecule has 2 amide bonds. The van der Waals surface area contributed by atoms with Crippen LogP contribution in [-0.2, 0) is 16.1 Å². The average molecular weight is 435 g/mol. The monoisotopic (exact) mass is 434 g/mol. The van der Waals surface area contributed by atoms with E-state index < -0.39 is 30.6 Å². The summed E-state index contributed by atoms with van der Waals surface area (Å²) in [4.78, 5) is 27.5. The standard InChI is InChI=1S/C19H25F3N4O2.ClH/c20-19(21,22)16(25-8-6-23-7-9-25)11-24-18(28)15-10-17(27)26(13-15)12-14-4-2-1-3-5-14;/h1-5,15-16,23H,6-13H2,(H,24,28);1H. The molecule has 3 rings (SSSR count). The molecule has 6 nitrogen and oxygen atoms in total. The third-order valence-electron chi connectivity index (χ3n) is 5.24. The molecule has 2 unspecified atom stereocenters. The molecule has 29 heavy (non-hydrogen) atoms. The second kappa shape index (κ2) is 10.3. The zero-order valence-corrected chi connectivity index (χ0v) is 16.8. The van der Waals surface area contributed by atoms with E-state index in [1.165, 1.54) is 4.90 Å². The number of rotatable bonds is 6. The summed E-state index contributed by atoms with van der Waals surface area (Å²) in [6, 6.07) is 7.68. The predicted octanol–water partition coefficient (Wildman–Crippen LogP) is 1.41. The minimum absolute atomic E-state index is 0. The molecule has 1 aromatic carbocycles. The van der Waals surface area contributed by atoms with Gasteiger partial charge in [0.15, 0.2) is 0 Å². The van der Waals surface area contributed by atoms with Crippen molar-refractivity contribution in [2.75, 3.05) is 39.3 Å². The van der Waals surface area contributed by atoms with Crippen LogP contribution in [0.15, 0.2) is 30.3 Å². The Hall–Kier alpha value is -1.84. The summed E-state index contributed by atoms with van der Waals surface area (Å²) in [5.74, 6) is -1.26. The summed E-state index contributed by atoms with van der Waals surface area (Å²) >= 11 is 0. The number of halogens is 4. The largest absolute Gasteiger partial charge is 0.405 e. The topological polar surface area (TPSA) is 64.7 Å². The van der Waals surface area contributed by atoms with Gasteiger partial charge in [-0.25, -0.2) is 0 Å². The van der Waals surface area contributed by atoms with E-state index in [-0.39, 0.29) is 44.4 Å². The molecular weight excluding hydrogens is 409 g/mol. The molecule has 0 radical (unpaired) electrons. The van der Waals surface area contributed by atoms with Crippen LogP contribution in [0.3, 0.4) is 0 Å². The first-order valence-corrected chi connectivity index (χ1v) is 9.45. The van der Waals surface area contributed by atoms with E-state index in [1.807, 2.05) is 30.3 Å². The van der Waals surface area contributed by atoms with E-state index in [0.29, 0.717) is 19.6 Å². The third-order valence-corrected chi connectivity index (χ3v) is 5.24. The molecule has 2 atom stereocenters. The fraction of sp³-hybridized carbons (Fsp3) is 0.579. The summed E-state index contributed by atoms with van der Waals surface area (Å²) in [5, 5.41) is 5.45. The zero-order valence-electron chi connectivity index (χ0n) is 16.0. The van der Waals surface area contributed by atoms with Crippen LogP contribution < -0.4 is 10.6 Å². The van der Waals surface area contributed by atoms with E-state index in [0.717, 1.165) is 5.56 Å². The second-order valence-corrected chi connectivity index (χ2v) is 7.25. The molecule has 1 aromatic rings. The fourth-order valence-electron chi connectivity index (χ4n) is 3.69. The third kappa shape index (κ3) is 6.32. The number of carbonyl (C=O) groups excluding carboxylic acids is 2. The summed E-state index contributed by atoms with van der Waals surface area (Å²) < 4.78 is 40.3. The van der Waals surface area contributed by atoms with Crippen LogP contribution in [0, 0.1) is 5.92 Å². The van der Waals surface area contributed by atoms with Crippen molar-refractivity contribution in [1.29, 1.82) is 0 Å². The average Bonchev–Trinajstić information content (AvgIpc) is 3.03. The van der Waals surface area contributed by atoms with Crippen molar-refractivity contribution in [1.82, 2.24) is 20.4 Å². The lowest BCUT2D eigenvalue weighted by Crippen LogP contribution is -2.57. The predicted molar refractivity (Wildman–Crippen MR) is 105 cm³/mol. The minimum Gasteiger partial charge on any atom is -0.354 e. The molecule has 0 saturated carbocycles. The molecule has 0 aromatic heterocycles. The van der Waals surface area contributed by atoms with Crippen LogP contribution in [0.2, 0.25) is 0 Å². The number of carbonyl (C=O) groups is 2. The molecule has 0 bridgehead atoms. The molecule has 2 aliphatic rings. The van der Waals surface area contributed by atoms with Crippen LogP contribution in [0.1, 0.15) is 12.0 Å². The highest BCUT2D eigenvalue weighted by Crippen LogP contribution is 2.25. The highest BCUT2D eigenvalue weighted by molar-refractivity contribution is 5.89. The molecule has 0 aliphatic carbocycles. The van der Waals surface area contributed by atoms with Gasteiger partial charge >= 0.3 is 6.18 Å². The van der Waals surface area contributed by atoms with Crippen LogP contribution in [0.5, 0.6) is 0 Å². The molecule has 0 spiro atoms. The van der Waals surface area contributed by atoms with Crippen molar-refractivity contribution in [3.8, 4) is 0 Å². The van der Waals surface area contributed by atoms with Crippen molar-refractivity contribution >= 4 is 24.2 Å². The van der Waals surface area contributed by atoms with E-state index >= 15 is 0 Å². The molecule has 2 heterocycles. The Morgan fingerprint density at radius 2 is 1.86 bits per heavy atom. The van der Waals surface area contributed by atoms with Gasteiger partial charge in [0.05, 0.1) is 5.92 Å². The van der Waals surface area contributed by atoms with E-state index in [4.69, 9.17) is 0 Å². The Labute approximate surface area is 174 Å². The Bertz CT molecular complexity index is 684. The number of benzene rings is 1. The number of likely N-dealkylation sites (tertiary alicyclic amines) is 1. The number of nitrogens with one attached hydrogen (secondary N) is 2. The molecule has 162 valence electrons. The first-order chi connectivity index (χ1) is 13.3. The molecule has 2 fully saturated rings. The maximum Gasteiger partial charge on any atom is 0.405 e. The lowest BCUT2D eigenvalue weighted by atomic mass is 10.1. The summed E-state index contributed by atoms with van der Waals surface area (Å²) in [7, 11) is 0. The van der Waals surface area contributed by atoms with Gasteiger partial charge in [0.25, 0.3) is 0 Å². The highest BCUT2D eigenvalue weighted by atomic mass is 35.5. The molecular formula is C19H26ClF3N4O2. The van der Waals surface area contributed by atoms with Crippen molar-refractivity contribution in [2.24, 2.45) is 5.92 Å². The molecule has 2 saturated heterocycles. The van der Waals surface area contributed by atoms with E-state index in [2.05, 4.69) is 10.6 Å². The van der Waals surface area contributed by atoms with Gasteiger partial charge in [0, 0.05) is 52.2 Å². The second-order valence-electron chi connectivity index (χ2n) is 7.25. The van der Waals surface area contributed by atoms with Crippen LogP contribution >= 0.6 is 12.4 Å². The Morgan fingerprint density at radius 1 is 1.21 bits per heavy atom. The van der Waals surface area contributed by atoms with Crippen molar-refractivity contribution in [3.05, 3.63) is 35.9 Å². The number of piperazine rings is 1. The zero-order chi connectivity index (χ0) is 20.1. The number of hydrogen-bond donors (Lipinski definition) is 2. The Kier molecular flexibility index (Phi) is 8.30. The summed E-state index contributed by atoms with van der Waals surface area (Å²) in [6.45, 7) is 1.68. The minimum atomic E-state index is -4.42. The van der Waals surface area contributed by atoms with Gasteiger partial charge in [-0.05, 0) is 5.56 Å². The van der Waals surface area contributed by atoms with E-state index in [1.54, 1.807) is 4.90 Å². The van der Waals surface area contributed by atoms with Crippen LogP contribution in [-0.4, -0.2) is 73.1 Å². The highest BCUT2D eigenvalue weighted by Gasteiger charge is 2.44. The first kappa shape index (κ1) is 23.4. The van der Waals surface area contributed by atoms with Gasteiger partial charge in [-0.15, -0.1) is 12.4 Å². The molecule has 2 N–H and O–H groups in total. The number of amides is 2. The SMILES string of the molecule is Cl.O=C(NCC(N1CCNCC1)C(F)(F)F)C1CC(=O)N(Cc2ccccc2)C1. The first-order valence-electron chi connectivity index (χ1n) is 9.45. The fourth-order valence-corrected chi connectivity index (χ4v) is 3.69. The van der Waals surface area contributed by atoms with Gasteiger partial charge in [-0.1, -0.05) is 30.3 Å². The number of alkyl halides is 3. The smallest absolute Gasteiger partial charge is 0.354 e. The number of hydrogen-bond acceptors (Lipinski definition) is 4.